The highest BCUT2D eigenvalue weighted by Gasteiger charge is 2.17. The van der Waals surface area contributed by atoms with E-state index >= 15 is 0 Å². The van der Waals surface area contributed by atoms with Gasteiger partial charge in [0.1, 0.15) is 11.5 Å². The molecule has 2 N–H and O–H groups in total. The first-order chi connectivity index (χ1) is 14.8. The van der Waals surface area contributed by atoms with Gasteiger partial charge in [0.05, 0.1) is 0 Å². The molecule has 11 heteroatoms. The third-order valence-corrected chi connectivity index (χ3v) is 4.98. The van der Waals surface area contributed by atoms with Crippen LogP contribution in [-0.4, -0.2) is 35.3 Å². The van der Waals surface area contributed by atoms with Crippen LogP contribution in [0.4, 0.5) is 11.6 Å². The van der Waals surface area contributed by atoms with Crippen LogP contribution in [0.1, 0.15) is 11.1 Å². The van der Waals surface area contributed by atoms with Gasteiger partial charge >= 0.3 is 0 Å². The third kappa shape index (κ3) is 6.53. The second kappa shape index (κ2) is 10.4. The summed E-state index contributed by atoms with van der Waals surface area (Å²) in [6.07, 6.45) is 0. The van der Waals surface area contributed by atoms with Gasteiger partial charge in [-0.1, -0.05) is 31.9 Å². The molecule has 31 heavy (non-hydrogen) atoms. The standard InChI is InChI=1S/C20H18Br2N4O5/c1-11-7-13(21)3-5-15(11)29-9-17(27)23-19-20(26-31-25-19)24-18(28)10-30-16-6-4-14(22)8-12(16)2/h3-8H,9-10H2,1-2H3,(H,23,25,27)(H,24,26,28). The van der Waals surface area contributed by atoms with Crippen molar-refractivity contribution >= 4 is 55.3 Å². The number of carbonyl (C=O) groups excluding carboxylic acids is 2. The van der Waals surface area contributed by atoms with Crippen molar-refractivity contribution in [1.29, 1.82) is 0 Å². The molecule has 3 rings (SSSR count). The number of anilines is 2. The van der Waals surface area contributed by atoms with Crippen LogP contribution in [0.25, 0.3) is 0 Å². The van der Waals surface area contributed by atoms with E-state index in [-0.39, 0.29) is 24.8 Å². The smallest absolute Gasteiger partial charge is 0.263 e. The number of halogens is 2. The monoisotopic (exact) mass is 552 g/mol. The second-order valence-corrected chi connectivity index (χ2v) is 8.29. The van der Waals surface area contributed by atoms with Crippen molar-refractivity contribution in [2.24, 2.45) is 0 Å². The van der Waals surface area contributed by atoms with E-state index in [1.807, 2.05) is 38.1 Å². The fourth-order valence-corrected chi connectivity index (χ4v) is 3.48. The minimum Gasteiger partial charge on any atom is -0.483 e. The number of aryl methyl sites for hydroxylation is 2. The van der Waals surface area contributed by atoms with E-state index in [1.54, 1.807) is 12.1 Å². The van der Waals surface area contributed by atoms with E-state index in [1.165, 1.54) is 0 Å². The number of nitrogens with zero attached hydrogens (tertiary/aromatic N) is 2. The molecule has 0 aliphatic rings. The first-order valence-electron chi connectivity index (χ1n) is 9.02. The van der Waals surface area contributed by atoms with E-state index < -0.39 is 11.8 Å². The van der Waals surface area contributed by atoms with Crippen LogP contribution in [0.15, 0.2) is 50.0 Å². The van der Waals surface area contributed by atoms with Gasteiger partial charge in [0, 0.05) is 8.95 Å². The van der Waals surface area contributed by atoms with Crippen LogP contribution in [0.5, 0.6) is 11.5 Å². The molecular weight excluding hydrogens is 536 g/mol. The van der Waals surface area contributed by atoms with Gasteiger partial charge in [0.2, 0.25) is 11.6 Å². The molecule has 0 aliphatic carbocycles. The third-order valence-electron chi connectivity index (χ3n) is 4.00. The van der Waals surface area contributed by atoms with E-state index in [2.05, 4.69) is 57.4 Å². The summed E-state index contributed by atoms with van der Waals surface area (Å²) in [6, 6.07) is 10.9. The molecule has 0 saturated heterocycles. The molecule has 2 aromatic carbocycles. The van der Waals surface area contributed by atoms with Crippen LogP contribution in [0.2, 0.25) is 0 Å². The highest BCUT2D eigenvalue weighted by molar-refractivity contribution is 9.10. The summed E-state index contributed by atoms with van der Waals surface area (Å²) in [7, 11) is 0. The van der Waals surface area contributed by atoms with Crippen LogP contribution in [0.3, 0.4) is 0 Å². The van der Waals surface area contributed by atoms with Gasteiger partial charge in [0.25, 0.3) is 11.8 Å². The van der Waals surface area contributed by atoms with Crippen molar-refractivity contribution in [1.82, 2.24) is 10.3 Å². The molecule has 0 radical (unpaired) electrons. The maximum atomic E-state index is 12.2. The van der Waals surface area contributed by atoms with Crippen LogP contribution >= 0.6 is 31.9 Å². The molecule has 0 unspecified atom stereocenters. The molecule has 1 aromatic heterocycles. The van der Waals surface area contributed by atoms with E-state index in [0.717, 1.165) is 20.1 Å². The Labute approximate surface area is 194 Å². The summed E-state index contributed by atoms with van der Waals surface area (Å²) in [5, 5.41) is 12.2. The topological polar surface area (TPSA) is 116 Å². The fraction of sp³-hybridized carbons (Fsp3) is 0.200. The Morgan fingerprint density at radius 2 is 1.26 bits per heavy atom. The summed E-state index contributed by atoms with van der Waals surface area (Å²) in [5.74, 6) is 0.102. The SMILES string of the molecule is Cc1cc(Br)ccc1OCC(=O)Nc1nonc1NC(=O)COc1ccc(Br)cc1C. The predicted octanol–water partition coefficient (Wildman–Crippen LogP) is 4.25. The molecule has 0 atom stereocenters. The number of benzene rings is 2. The molecular formula is C20H18Br2N4O5. The highest BCUT2D eigenvalue weighted by atomic mass is 79.9. The summed E-state index contributed by atoms with van der Waals surface area (Å²) >= 11 is 6.74. The van der Waals surface area contributed by atoms with Gasteiger partial charge in [0.15, 0.2) is 13.2 Å². The van der Waals surface area contributed by atoms with Crippen molar-refractivity contribution in [2.75, 3.05) is 23.8 Å². The summed E-state index contributed by atoms with van der Waals surface area (Å²) in [6.45, 7) is 3.22. The van der Waals surface area contributed by atoms with Crippen molar-refractivity contribution < 1.29 is 23.7 Å². The number of hydrogen-bond donors (Lipinski definition) is 2. The van der Waals surface area contributed by atoms with Crippen LogP contribution < -0.4 is 20.1 Å². The van der Waals surface area contributed by atoms with Crippen molar-refractivity contribution in [2.45, 2.75) is 13.8 Å². The molecule has 0 saturated carbocycles. The summed E-state index contributed by atoms with van der Waals surface area (Å²) in [4.78, 5) is 24.4. The average Bonchev–Trinajstić information content (AvgIpc) is 3.13. The lowest BCUT2D eigenvalue weighted by Crippen LogP contribution is -2.24. The molecule has 1 heterocycles. The lowest BCUT2D eigenvalue weighted by Gasteiger charge is -2.10. The predicted molar refractivity (Wildman–Crippen MR) is 120 cm³/mol. The molecule has 0 spiro atoms. The summed E-state index contributed by atoms with van der Waals surface area (Å²) < 4.78 is 17.5. The van der Waals surface area contributed by atoms with E-state index in [9.17, 15) is 9.59 Å². The van der Waals surface area contributed by atoms with Gasteiger partial charge in [-0.05, 0) is 71.7 Å². The zero-order valence-electron chi connectivity index (χ0n) is 16.6. The molecule has 162 valence electrons. The van der Waals surface area contributed by atoms with Crippen molar-refractivity contribution in [3.05, 3.63) is 56.5 Å². The van der Waals surface area contributed by atoms with Crippen LogP contribution in [-0.2, 0) is 9.59 Å². The average molecular weight is 554 g/mol. The van der Waals surface area contributed by atoms with Crippen LogP contribution in [0, 0.1) is 13.8 Å². The Morgan fingerprint density at radius 3 is 1.65 bits per heavy atom. The molecule has 3 aromatic rings. The number of carbonyl (C=O) groups is 2. The maximum Gasteiger partial charge on any atom is 0.263 e. The summed E-state index contributed by atoms with van der Waals surface area (Å²) in [5.41, 5.74) is 1.75. The first kappa shape index (κ1) is 22.8. The number of rotatable bonds is 8. The van der Waals surface area contributed by atoms with Crippen molar-refractivity contribution in [3.63, 3.8) is 0 Å². The molecule has 0 aliphatic heterocycles. The van der Waals surface area contributed by atoms with Gasteiger partial charge in [-0.2, -0.15) is 0 Å². The van der Waals surface area contributed by atoms with E-state index in [0.29, 0.717) is 11.5 Å². The highest BCUT2D eigenvalue weighted by Crippen LogP contribution is 2.23. The lowest BCUT2D eigenvalue weighted by molar-refractivity contribution is -0.119. The van der Waals surface area contributed by atoms with Gasteiger partial charge in [-0.3, -0.25) is 9.59 Å². The first-order valence-corrected chi connectivity index (χ1v) is 10.6. The Bertz CT molecular complexity index is 1020. The van der Waals surface area contributed by atoms with Crippen molar-refractivity contribution in [3.8, 4) is 11.5 Å². The molecule has 0 fully saturated rings. The van der Waals surface area contributed by atoms with Gasteiger partial charge < -0.3 is 20.1 Å². The number of nitrogens with one attached hydrogen (secondary N) is 2. The second-order valence-electron chi connectivity index (χ2n) is 6.45. The number of aromatic nitrogens is 2. The van der Waals surface area contributed by atoms with Gasteiger partial charge in [-0.25, -0.2) is 4.63 Å². The molecule has 0 bridgehead atoms. The fourth-order valence-electron chi connectivity index (χ4n) is 2.52. The Kier molecular flexibility index (Phi) is 7.64. The normalized spacial score (nSPS) is 10.5. The lowest BCUT2D eigenvalue weighted by atomic mass is 10.2. The Morgan fingerprint density at radius 1 is 0.839 bits per heavy atom. The molecule has 2 amide bonds. The number of hydrogen-bond acceptors (Lipinski definition) is 7. The zero-order valence-corrected chi connectivity index (χ0v) is 19.7. The largest absolute Gasteiger partial charge is 0.483 e. The minimum atomic E-state index is -0.491. The zero-order chi connectivity index (χ0) is 22.4. The number of ether oxygens (including phenoxy) is 2. The maximum absolute atomic E-state index is 12.2. The van der Waals surface area contributed by atoms with Gasteiger partial charge in [-0.15, -0.1) is 0 Å². The van der Waals surface area contributed by atoms with E-state index in [4.69, 9.17) is 9.47 Å². The molecule has 9 nitrogen and oxygen atoms in total. The Balaban J connectivity index is 1.51. The quantitative estimate of drug-likeness (QED) is 0.428. The minimum absolute atomic E-state index is 0.0331. The Hall–Kier alpha value is -2.92. The number of amides is 2.